The molecule has 7 heteroatoms. The zero-order valence-corrected chi connectivity index (χ0v) is 16.9. The average Bonchev–Trinajstić information content (AvgIpc) is 2.60. The van der Waals surface area contributed by atoms with E-state index in [2.05, 4.69) is 15.9 Å². The Morgan fingerprint density at radius 2 is 2.04 bits per heavy atom. The van der Waals surface area contributed by atoms with Crippen LogP contribution in [0.4, 0.5) is 0 Å². The molecule has 134 valence electrons. The minimum absolute atomic E-state index is 0.112. The van der Waals surface area contributed by atoms with Crippen molar-refractivity contribution in [1.82, 2.24) is 0 Å². The lowest BCUT2D eigenvalue weighted by Crippen LogP contribution is -2.06. The van der Waals surface area contributed by atoms with Gasteiger partial charge >= 0.3 is 5.97 Å². The first-order valence-corrected chi connectivity index (χ1v) is 9.14. The van der Waals surface area contributed by atoms with E-state index in [1.54, 1.807) is 43.3 Å². The van der Waals surface area contributed by atoms with Gasteiger partial charge in [-0.1, -0.05) is 45.2 Å². The summed E-state index contributed by atoms with van der Waals surface area (Å²) < 4.78 is 11.5. The van der Waals surface area contributed by atoms with E-state index in [1.165, 1.54) is 6.08 Å². The van der Waals surface area contributed by atoms with Crippen LogP contribution in [0, 0.1) is 11.3 Å². The molecule has 0 amide bonds. The van der Waals surface area contributed by atoms with E-state index in [0.717, 1.165) is 10.0 Å². The summed E-state index contributed by atoms with van der Waals surface area (Å²) in [6.07, 6.45) is 1.43. The van der Waals surface area contributed by atoms with Gasteiger partial charge in [0.15, 0.2) is 0 Å². The SMILES string of the molecule is CCOC(=O)/C(C#N)=C\c1cc(Br)ccc1OCc1ccc(Cl)cc1Cl. The van der Waals surface area contributed by atoms with Gasteiger partial charge in [0.25, 0.3) is 0 Å². The van der Waals surface area contributed by atoms with Crippen LogP contribution in [0.3, 0.4) is 0 Å². The summed E-state index contributed by atoms with van der Waals surface area (Å²) >= 11 is 15.4. The van der Waals surface area contributed by atoms with E-state index in [9.17, 15) is 10.1 Å². The Balaban J connectivity index is 2.29. The van der Waals surface area contributed by atoms with Crippen molar-refractivity contribution < 1.29 is 14.3 Å². The van der Waals surface area contributed by atoms with Crippen LogP contribution in [0.25, 0.3) is 6.08 Å². The Labute approximate surface area is 170 Å². The number of esters is 1. The quantitative estimate of drug-likeness (QED) is 0.314. The second-order valence-electron chi connectivity index (χ2n) is 5.10. The molecule has 0 radical (unpaired) electrons. The van der Waals surface area contributed by atoms with Crippen LogP contribution >= 0.6 is 39.1 Å². The predicted octanol–water partition coefficient (Wildman–Crippen LogP) is 5.80. The van der Waals surface area contributed by atoms with Gasteiger partial charge < -0.3 is 9.47 Å². The molecule has 0 atom stereocenters. The summed E-state index contributed by atoms with van der Waals surface area (Å²) in [5.41, 5.74) is 1.22. The van der Waals surface area contributed by atoms with E-state index in [0.29, 0.717) is 21.4 Å². The standard InChI is InChI=1S/C19H14BrCl2NO3/c1-2-25-19(24)14(10-23)7-13-8-15(20)4-6-18(13)26-11-12-3-5-16(21)9-17(12)22/h3-9H,2,11H2,1H3/b14-7-. The van der Waals surface area contributed by atoms with E-state index >= 15 is 0 Å². The second kappa shape index (κ2) is 9.63. The lowest BCUT2D eigenvalue weighted by molar-refractivity contribution is -0.137. The summed E-state index contributed by atoms with van der Waals surface area (Å²) in [4.78, 5) is 11.8. The number of carbonyl (C=O) groups is 1. The van der Waals surface area contributed by atoms with E-state index < -0.39 is 5.97 Å². The normalized spacial score (nSPS) is 11.0. The lowest BCUT2D eigenvalue weighted by atomic mass is 10.1. The molecule has 0 aliphatic rings. The van der Waals surface area contributed by atoms with Crippen molar-refractivity contribution in [2.75, 3.05) is 6.61 Å². The molecule has 0 aliphatic heterocycles. The van der Waals surface area contributed by atoms with Crippen LogP contribution in [-0.4, -0.2) is 12.6 Å². The van der Waals surface area contributed by atoms with Crippen molar-refractivity contribution in [2.45, 2.75) is 13.5 Å². The van der Waals surface area contributed by atoms with Gasteiger partial charge in [0.05, 0.1) is 6.61 Å². The number of hydrogen-bond donors (Lipinski definition) is 0. The molecule has 0 spiro atoms. The van der Waals surface area contributed by atoms with Gasteiger partial charge in [0.2, 0.25) is 0 Å². The monoisotopic (exact) mass is 453 g/mol. The molecule has 0 saturated carbocycles. The Bertz CT molecular complexity index is 891. The fraction of sp³-hybridized carbons (Fsp3) is 0.158. The third kappa shape index (κ3) is 5.50. The first-order chi connectivity index (χ1) is 12.4. The van der Waals surface area contributed by atoms with Gasteiger partial charge in [-0.05, 0) is 43.3 Å². The number of hydrogen-bond acceptors (Lipinski definition) is 4. The molecule has 2 aromatic rings. The number of ether oxygens (including phenoxy) is 2. The molecule has 0 unspecified atom stereocenters. The minimum Gasteiger partial charge on any atom is -0.488 e. The molecule has 0 N–H and O–H groups in total. The molecule has 2 rings (SSSR count). The fourth-order valence-corrected chi connectivity index (χ4v) is 2.90. The molecule has 26 heavy (non-hydrogen) atoms. The number of rotatable bonds is 6. The number of halogens is 3. The van der Waals surface area contributed by atoms with Crippen LogP contribution < -0.4 is 4.74 Å². The van der Waals surface area contributed by atoms with Crippen molar-refractivity contribution in [1.29, 1.82) is 5.26 Å². The highest BCUT2D eigenvalue weighted by molar-refractivity contribution is 9.10. The maximum Gasteiger partial charge on any atom is 0.348 e. The van der Waals surface area contributed by atoms with Crippen molar-refractivity contribution in [2.24, 2.45) is 0 Å². The molecule has 4 nitrogen and oxygen atoms in total. The van der Waals surface area contributed by atoms with E-state index in [4.69, 9.17) is 32.7 Å². The maximum atomic E-state index is 11.8. The van der Waals surface area contributed by atoms with Crippen LogP contribution in [0.2, 0.25) is 10.0 Å². The lowest BCUT2D eigenvalue weighted by Gasteiger charge is -2.11. The predicted molar refractivity (Wildman–Crippen MR) is 105 cm³/mol. The molecular formula is C19H14BrCl2NO3. The number of nitriles is 1. The van der Waals surface area contributed by atoms with Crippen LogP contribution in [0.15, 0.2) is 46.4 Å². The number of carbonyl (C=O) groups excluding carboxylic acids is 1. The molecular weight excluding hydrogens is 441 g/mol. The van der Waals surface area contributed by atoms with Crippen molar-refractivity contribution >= 4 is 51.2 Å². The third-order valence-electron chi connectivity index (χ3n) is 3.29. The highest BCUT2D eigenvalue weighted by Crippen LogP contribution is 2.28. The van der Waals surface area contributed by atoms with Gasteiger partial charge in [-0.15, -0.1) is 0 Å². The van der Waals surface area contributed by atoms with Gasteiger partial charge in [0.1, 0.15) is 24.0 Å². The summed E-state index contributed by atoms with van der Waals surface area (Å²) in [5.74, 6) is -0.182. The molecule has 0 bridgehead atoms. The van der Waals surface area contributed by atoms with Gasteiger partial charge in [-0.25, -0.2) is 4.79 Å². The highest BCUT2D eigenvalue weighted by atomic mass is 79.9. The fourth-order valence-electron chi connectivity index (χ4n) is 2.06. The molecule has 0 aromatic heterocycles. The van der Waals surface area contributed by atoms with Crippen LogP contribution in [0.5, 0.6) is 5.75 Å². The average molecular weight is 455 g/mol. The van der Waals surface area contributed by atoms with Gasteiger partial charge in [0, 0.05) is 25.6 Å². The first kappa shape index (κ1) is 20.3. The number of benzene rings is 2. The summed E-state index contributed by atoms with van der Waals surface area (Å²) in [6.45, 7) is 2.07. The van der Waals surface area contributed by atoms with Gasteiger partial charge in [-0.2, -0.15) is 5.26 Å². The zero-order chi connectivity index (χ0) is 19.1. The Kier molecular flexibility index (Phi) is 7.52. The van der Waals surface area contributed by atoms with Crippen molar-refractivity contribution in [3.63, 3.8) is 0 Å². The molecule has 0 aliphatic carbocycles. The molecule has 0 saturated heterocycles. The van der Waals surface area contributed by atoms with E-state index in [1.807, 2.05) is 6.07 Å². The Hall–Kier alpha value is -2.00. The van der Waals surface area contributed by atoms with Crippen LogP contribution in [0.1, 0.15) is 18.1 Å². The molecule has 0 fully saturated rings. The van der Waals surface area contributed by atoms with Gasteiger partial charge in [-0.3, -0.25) is 0 Å². The largest absolute Gasteiger partial charge is 0.488 e. The summed E-state index contributed by atoms with van der Waals surface area (Å²) in [6, 6.07) is 12.3. The first-order valence-electron chi connectivity index (χ1n) is 7.59. The second-order valence-corrected chi connectivity index (χ2v) is 6.86. The Morgan fingerprint density at radius 1 is 1.27 bits per heavy atom. The van der Waals surface area contributed by atoms with E-state index in [-0.39, 0.29) is 18.8 Å². The number of nitrogens with zero attached hydrogens (tertiary/aromatic N) is 1. The smallest absolute Gasteiger partial charge is 0.348 e. The van der Waals surface area contributed by atoms with Crippen LogP contribution in [-0.2, 0) is 16.1 Å². The minimum atomic E-state index is -0.679. The maximum absolute atomic E-state index is 11.8. The summed E-state index contributed by atoms with van der Waals surface area (Å²) in [7, 11) is 0. The Morgan fingerprint density at radius 3 is 2.69 bits per heavy atom. The summed E-state index contributed by atoms with van der Waals surface area (Å²) in [5, 5.41) is 10.3. The zero-order valence-electron chi connectivity index (χ0n) is 13.8. The van der Waals surface area contributed by atoms with Crippen molar-refractivity contribution in [3.05, 3.63) is 67.6 Å². The molecule has 0 heterocycles. The molecule has 2 aromatic carbocycles. The highest BCUT2D eigenvalue weighted by Gasteiger charge is 2.13. The topological polar surface area (TPSA) is 59.3 Å². The third-order valence-corrected chi connectivity index (χ3v) is 4.37. The van der Waals surface area contributed by atoms with Crippen molar-refractivity contribution in [3.8, 4) is 11.8 Å².